The van der Waals surface area contributed by atoms with Crippen LogP contribution in [0.2, 0.25) is 10.0 Å². The first-order chi connectivity index (χ1) is 18.6. The van der Waals surface area contributed by atoms with Crippen LogP contribution in [0.3, 0.4) is 0 Å². The number of benzene rings is 2. The number of hydrogen-bond donors (Lipinski definition) is 0. The number of likely N-dealkylation sites (N-methyl/N-ethyl adjacent to an activating group) is 1. The van der Waals surface area contributed by atoms with Gasteiger partial charge in [-0.3, -0.25) is 4.79 Å². The zero-order chi connectivity index (χ0) is 29.6. The molecular weight excluding hydrogens is 599 g/mol. The number of likely N-dealkylation sites (tertiary alicyclic amines) is 1. The van der Waals surface area contributed by atoms with Gasteiger partial charge in [0.15, 0.2) is 0 Å². The van der Waals surface area contributed by atoms with Gasteiger partial charge in [-0.25, -0.2) is 17.6 Å². The molecule has 0 radical (unpaired) electrons. The molecule has 2 saturated heterocycles. The Hall–Kier alpha value is -2.61. The molecule has 2 fully saturated rings. The van der Waals surface area contributed by atoms with Crippen molar-refractivity contribution in [3.8, 4) is 0 Å². The van der Waals surface area contributed by atoms with Crippen LogP contribution in [0.5, 0.6) is 0 Å². The van der Waals surface area contributed by atoms with E-state index in [-0.39, 0.29) is 55.3 Å². The van der Waals surface area contributed by atoms with Crippen LogP contribution in [-0.4, -0.2) is 98.0 Å². The van der Waals surface area contributed by atoms with Crippen molar-refractivity contribution in [2.45, 2.75) is 18.1 Å². The Morgan fingerprint density at radius 3 is 2.20 bits per heavy atom. The molecule has 218 valence electrons. The van der Waals surface area contributed by atoms with E-state index in [1.54, 1.807) is 18.2 Å². The maximum atomic E-state index is 14.8. The Bertz CT molecular complexity index is 1420. The van der Waals surface area contributed by atoms with Gasteiger partial charge < -0.3 is 14.7 Å². The Balaban J connectivity index is 1.62. The molecule has 2 aromatic carbocycles. The fraction of sp³-hybridized carbons (Fsp3) is 0.440. The third-order valence-electron chi connectivity index (χ3n) is 7.26. The number of carbonyl (C=O) groups excluding carboxylic acids is 2. The summed E-state index contributed by atoms with van der Waals surface area (Å²) in [7, 11) is -2.06. The lowest BCUT2D eigenvalue weighted by atomic mass is 9.93. The van der Waals surface area contributed by atoms with Crippen LogP contribution in [-0.2, 0) is 16.2 Å². The van der Waals surface area contributed by atoms with E-state index in [2.05, 4.69) is 0 Å². The summed E-state index contributed by atoms with van der Waals surface area (Å²) >= 11 is 12.3. The van der Waals surface area contributed by atoms with Crippen molar-refractivity contribution in [3.63, 3.8) is 0 Å². The molecule has 2 aromatic rings. The zero-order valence-electron chi connectivity index (χ0n) is 21.5. The summed E-state index contributed by atoms with van der Waals surface area (Å²) in [6.07, 6.45) is -3.89. The van der Waals surface area contributed by atoms with E-state index in [9.17, 15) is 35.6 Å². The standard InChI is InChI=1S/C25H26Cl2F4N4O4S/c1-32(23(36)16-4-3-5-18(22(16)28)25(29,30)31)21-14-34(13-17(21)15-6-7-19(26)20(27)12-15)24(37)33-8-10-35(11-9-33)40(2,38)39/h3-7,12,17,21H,8-11,13-14H2,1-2H3/t17-,21-/m0/s1. The Labute approximate surface area is 239 Å². The van der Waals surface area contributed by atoms with Crippen LogP contribution in [0.25, 0.3) is 0 Å². The molecule has 4 rings (SSSR count). The second-order valence-corrected chi connectivity index (χ2v) is 12.6. The predicted octanol–water partition coefficient (Wildman–Crippen LogP) is 4.39. The van der Waals surface area contributed by atoms with Crippen molar-refractivity contribution in [1.82, 2.24) is 19.0 Å². The minimum Gasteiger partial charge on any atom is -0.336 e. The van der Waals surface area contributed by atoms with Crippen molar-refractivity contribution in [3.05, 3.63) is 69.0 Å². The highest BCUT2D eigenvalue weighted by molar-refractivity contribution is 7.88. The molecule has 0 spiro atoms. The molecule has 0 bridgehead atoms. The largest absolute Gasteiger partial charge is 0.419 e. The van der Waals surface area contributed by atoms with Gasteiger partial charge in [0, 0.05) is 52.2 Å². The first kappa shape index (κ1) is 30.4. The second kappa shape index (κ2) is 11.3. The number of sulfonamides is 1. The topological polar surface area (TPSA) is 81.2 Å². The fourth-order valence-corrected chi connectivity index (χ4v) is 6.21. The molecule has 3 amide bonds. The number of carbonyl (C=O) groups is 2. The molecule has 40 heavy (non-hydrogen) atoms. The first-order valence-corrected chi connectivity index (χ1v) is 14.8. The lowest BCUT2D eigenvalue weighted by Gasteiger charge is -2.35. The van der Waals surface area contributed by atoms with Crippen molar-refractivity contribution in [2.24, 2.45) is 0 Å². The molecule has 0 aromatic heterocycles. The van der Waals surface area contributed by atoms with Gasteiger partial charge in [-0.1, -0.05) is 35.3 Å². The number of piperazine rings is 1. The Kier molecular flexibility index (Phi) is 8.61. The number of nitrogens with zero attached hydrogens (tertiary/aromatic N) is 4. The summed E-state index contributed by atoms with van der Waals surface area (Å²) in [5, 5.41) is 0.518. The second-order valence-electron chi connectivity index (χ2n) is 9.76. The summed E-state index contributed by atoms with van der Waals surface area (Å²) in [6, 6.07) is 6.19. The first-order valence-electron chi connectivity index (χ1n) is 12.2. The summed E-state index contributed by atoms with van der Waals surface area (Å²) in [5.41, 5.74) is -1.67. The van der Waals surface area contributed by atoms with E-state index < -0.39 is 51.0 Å². The highest BCUT2D eigenvalue weighted by Gasteiger charge is 2.43. The molecule has 15 heteroatoms. The van der Waals surface area contributed by atoms with Gasteiger partial charge in [0.05, 0.1) is 33.5 Å². The third kappa shape index (κ3) is 6.17. The van der Waals surface area contributed by atoms with Crippen LogP contribution in [0.15, 0.2) is 36.4 Å². The lowest BCUT2D eigenvalue weighted by Crippen LogP contribution is -2.53. The molecular formula is C25H26Cl2F4N4O4S. The van der Waals surface area contributed by atoms with Crippen LogP contribution in [0.1, 0.15) is 27.4 Å². The molecule has 2 heterocycles. The van der Waals surface area contributed by atoms with Gasteiger partial charge in [0.25, 0.3) is 5.91 Å². The summed E-state index contributed by atoms with van der Waals surface area (Å²) in [4.78, 5) is 30.9. The summed E-state index contributed by atoms with van der Waals surface area (Å²) in [5.74, 6) is -3.18. The van der Waals surface area contributed by atoms with E-state index in [0.29, 0.717) is 11.6 Å². The van der Waals surface area contributed by atoms with Crippen molar-refractivity contribution in [2.75, 3.05) is 52.6 Å². The van der Waals surface area contributed by atoms with Crippen LogP contribution in [0.4, 0.5) is 22.4 Å². The Morgan fingerprint density at radius 2 is 1.62 bits per heavy atom. The number of urea groups is 1. The Morgan fingerprint density at radius 1 is 0.975 bits per heavy atom. The molecule has 0 aliphatic carbocycles. The number of halogens is 6. The highest BCUT2D eigenvalue weighted by Crippen LogP contribution is 2.37. The summed E-state index contributed by atoms with van der Waals surface area (Å²) < 4.78 is 79.6. The normalized spacial score (nSPS) is 20.6. The smallest absolute Gasteiger partial charge is 0.336 e. The third-order valence-corrected chi connectivity index (χ3v) is 9.30. The van der Waals surface area contributed by atoms with Crippen LogP contribution < -0.4 is 0 Å². The monoisotopic (exact) mass is 624 g/mol. The quantitative estimate of drug-likeness (QED) is 0.473. The van der Waals surface area contributed by atoms with Crippen molar-refractivity contribution < 1.29 is 35.6 Å². The number of hydrogen-bond acceptors (Lipinski definition) is 4. The van der Waals surface area contributed by atoms with Gasteiger partial charge in [-0.05, 0) is 29.8 Å². The van der Waals surface area contributed by atoms with E-state index >= 15 is 0 Å². The van der Waals surface area contributed by atoms with E-state index in [0.717, 1.165) is 23.3 Å². The molecule has 2 aliphatic rings. The number of rotatable bonds is 4. The number of amides is 3. The van der Waals surface area contributed by atoms with Crippen LogP contribution in [0, 0.1) is 5.82 Å². The molecule has 2 atom stereocenters. The van der Waals surface area contributed by atoms with Gasteiger partial charge in [-0.2, -0.15) is 17.5 Å². The minimum absolute atomic E-state index is 0.00113. The SMILES string of the molecule is CN(C(=O)c1cccc(C(F)(F)F)c1F)[C@H]1CN(C(=O)N2CCN(S(C)(=O)=O)CC2)C[C@H]1c1ccc(Cl)c(Cl)c1. The molecule has 0 N–H and O–H groups in total. The maximum Gasteiger partial charge on any atom is 0.419 e. The van der Waals surface area contributed by atoms with Gasteiger partial charge >= 0.3 is 12.2 Å². The molecule has 0 unspecified atom stereocenters. The summed E-state index contributed by atoms with van der Waals surface area (Å²) in [6.45, 7) is 0.704. The van der Waals surface area contributed by atoms with Gasteiger partial charge in [0.1, 0.15) is 5.82 Å². The fourth-order valence-electron chi connectivity index (χ4n) is 5.07. The van der Waals surface area contributed by atoms with E-state index in [1.165, 1.54) is 21.2 Å². The molecule has 0 saturated carbocycles. The molecule has 8 nitrogen and oxygen atoms in total. The molecule has 2 aliphatic heterocycles. The van der Waals surface area contributed by atoms with Gasteiger partial charge in [-0.15, -0.1) is 0 Å². The average molecular weight is 625 g/mol. The van der Waals surface area contributed by atoms with Crippen molar-refractivity contribution >= 4 is 45.2 Å². The maximum absolute atomic E-state index is 14.8. The average Bonchev–Trinajstić information content (AvgIpc) is 3.33. The minimum atomic E-state index is -4.99. The van der Waals surface area contributed by atoms with E-state index in [4.69, 9.17) is 23.2 Å². The lowest BCUT2D eigenvalue weighted by molar-refractivity contribution is -0.140. The van der Waals surface area contributed by atoms with E-state index in [1.807, 2.05) is 0 Å². The zero-order valence-corrected chi connectivity index (χ0v) is 23.8. The predicted molar refractivity (Wildman–Crippen MR) is 141 cm³/mol. The highest BCUT2D eigenvalue weighted by atomic mass is 35.5. The number of alkyl halides is 3. The van der Waals surface area contributed by atoms with Gasteiger partial charge in [0.2, 0.25) is 10.0 Å². The van der Waals surface area contributed by atoms with Crippen molar-refractivity contribution in [1.29, 1.82) is 0 Å². The van der Waals surface area contributed by atoms with Crippen LogP contribution >= 0.6 is 23.2 Å².